The Labute approximate surface area is 152 Å². The largest absolute Gasteiger partial charge is 0.461 e. The highest BCUT2D eigenvalue weighted by atomic mass is 16.5. The first-order valence-corrected chi connectivity index (χ1v) is 9.14. The van der Waals surface area contributed by atoms with Crippen molar-refractivity contribution in [2.75, 3.05) is 0 Å². The van der Waals surface area contributed by atoms with Gasteiger partial charge in [0.2, 0.25) is 0 Å². The molecular weight excluding hydrogens is 334 g/mol. The molecule has 7 nitrogen and oxygen atoms in total. The van der Waals surface area contributed by atoms with Crippen LogP contribution in [-0.2, 0) is 20.9 Å². The van der Waals surface area contributed by atoms with Crippen molar-refractivity contribution >= 4 is 18.0 Å². The third kappa shape index (κ3) is 4.47. The average Bonchev–Trinajstić information content (AvgIpc) is 3.12. The number of ether oxygens (including phenoxy) is 1. The summed E-state index contributed by atoms with van der Waals surface area (Å²) in [5.74, 6) is -0.714. The van der Waals surface area contributed by atoms with Crippen molar-refractivity contribution in [1.29, 1.82) is 0 Å². The fraction of sp³-hybridized carbons (Fsp3) is 0.526. The summed E-state index contributed by atoms with van der Waals surface area (Å²) >= 11 is 0. The van der Waals surface area contributed by atoms with Crippen LogP contribution in [0.3, 0.4) is 0 Å². The Morgan fingerprint density at radius 3 is 2.62 bits per heavy atom. The summed E-state index contributed by atoms with van der Waals surface area (Å²) in [6.07, 6.45) is 11.4. The van der Waals surface area contributed by atoms with Crippen LogP contribution in [0.5, 0.6) is 0 Å². The molecule has 1 aromatic heterocycles. The van der Waals surface area contributed by atoms with E-state index in [9.17, 15) is 9.59 Å². The fourth-order valence-corrected chi connectivity index (χ4v) is 3.36. The first kappa shape index (κ1) is 18.5. The molecule has 0 saturated heterocycles. The molecule has 2 aliphatic carbocycles. The third-order valence-corrected chi connectivity index (χ3v) is 5.17. The van der Waals surface area contributed by atoms with E-state index in [0.717, 1.165) is 56.2 Å². The van der Waals surface area contributed by atoms with E-state index in [0.29, 0.717) is 6.54 Å². The molecule has 0 aromatic carbocycles. The minimum absolute atomic E-state index is 0.0853. The molecule has 1 amide bonds. The van der Waals surface area contributed by atoms with E-state index in [2.05, 4.69) is 10.3 Å². The topological polar surface area (TPSA) is 101 Å². The summed E-state index contributed by atoms with van der Waals surface area (Å²) in [6, 6.07) is 3.67. The number of rotatable bonds is 7. The van der Waals surface area contributed by atoms with Crippen molar-refractivity contribution < 1.29 is 19.5 Å². The zero-order chi connectivity index (χ0) is 18.4. The van der Waals surface area contributed by atoms with E-state index in [1.165, 1.54) is 11.6 Å². The van der Waals surface area contributed by atoms with Crippen molar-refractivity contribution in [1.82, 2.24) is 15.8 Å². The van der Waals surface area contributed by atoms with Gasteiger partial charge in [-0.25, -0.2) is 5.48 Å². The molecule has 3 N–H and O–H groups in total. The maximum Gasteiger partial charge on any atom is 0.326 e. The molecule has 140 valence electrons. The van der Waals surface area contributed by atoms with Crippen molar-refractivity contribution in [2.45, 2.75) is 63.1 Å². The Morgan fingerprint density at radius 2 is 2.04 bits per heavy atom. The molecule has 1 heterocycles. The van der Waals surface area contributed by atoms with Crippen LogP contribution in [0.4, 0.5) is 0 Å². The van der Waals surface area contributed by atoms with E-state index in [1.54, 1.807) is 12.3 Å². The van der Waals surface area contributed by atoms with Gasteiger partial charge in [-0.15, -0.1) is 0 Å². The molecule has 2 aliphatic rings. The number of nitrogens with one attached hydrogen (secondary N) is 2. The second-order valence-corrected chi connectivity index (χ2v) is 6.99. The number of carbonyl (C=O) groups is 2. The Kier molecular flexibility index (Phi) is 6.00. The van der Waals surface area contributed by atoms with Gasteiger partial charge in [-0.3, -0.25) is 25.1 Å². The molecule has 1 aromatic rings. The summed E-state index contributed by atoms with van der Waals surface area (Å²) in [7, 11) is 0. The highest BCUT2D eigenvalue weighted by Gasteiger charge is 2.46. The standard InChI is InChI=1S/C19H25N3O4/c23-17(22-25)9-7-14-6-8-15(20-12-14)13-21-19(10-3-11-19)18(24)26-16-4-1-2-5-16/h6-9,12,16,21,25H,1-5,10-11,13H2,(H,22,23). The van der Waals surface area contributed by atoms with Gasteiger partial charge in [0.25, 0.3) is 5.91 Å². The average molecular weight is 359 g/mol. The molecule has 0 unspecified atom stereocenters. The Hall–Kier alpha value is -2.25. The second-order valence-electron chi connectivity index (χ2n) is 6.99. The maximum absolute atomic E-state index is 12.6. The summed E-state index contributed by atoms with van der Waals surface area (Å²) < 4.78 is 5.70. The molecule has 2 saturated carbocycles. The van der Waals surface area contributed by atoms with E-state index in [1.807, 2.05) is 12.1 Å². The van der Waals surface area contributed by atoms with E-state index < -0.39 is 11.4 Å². The first-order valence-electron chi connectivity index (χ1n) is 9.14. The molecule has 0 spiro atoms. The van der Waals surface area contributed by atoms with Gasteiger partial charge in [0, 0.05) is 18.8 Å². The van der Waals surface area contributed by atoms with Gasteiger partial charge in [-0.2, -0.15) is 0 Å². The van der Waals surface area contributed by atoms with Gasteiger partial charge in [0.15, 0.2) is 0 Å². The summed E-state index contributed by atoms with van der Waals surface area (Å²) in [6.45, 7) is 0.487. The van der Waals surface area contributed by atoms with E-state index in [4.69, 9.17) is 9.94 Å². The number of pyridine rings is 1. The van der Waals surface area contributed by atoms with E-state index in [-0.39, 0.29) is 12.1 Å². The van der Waals surface area contributed by atoms with Crippen LogP contribution in [0.1, 0.15) is 56.2 Å². The predicted molar refractivity (Wildman–Crippen MR) is 95.0 cm³/mol. The van der Waals surface area contributed by atoms with Crippen LogP contribution < -0.4 is 10.8 Å². The lowest BCUT2D eigenvalue weighted by atomic mass is 9.76. The van der Waals surface area contributed by atoms with Gasteiger partial charge in [-0.05, 0) is 62.7 Å². The molecule has 2 fully saturated rings. The van der Waals surface area contributed by atoms with Crippen molar-refractivity contribution in [3.63, 3.8) is 0 Å². The zero-order valence-corrected chi connectivity index (χ0v) is 14.7. The number of hydrogen-bond donors (Lipinski definition) is 3. The van der Waals surface area contributed by atoms with Crippen LogP contribution in [0.15, 0.2) is 24.4 Å². The third-order valence-electron chi connectivity index (χ3n) is 5.17. The molecule has 0 radical (unpaired) electrons. The number of esters is 1. The van der Waals surface area contributed by atoms with Gasteiger partial charge in [-0.1, -0.05) is 6.07 Å². The number of hydroxylamine groups is 1. The minimum Gasteiger partial charge on any atom is -0.461 e. The monoisotopic (exact) mass is 359 g/mol. The van der Waals surface area contributed by atoms with E-state index >= 15 is 0 Å². The zero-order valence-electron chi connectivity index (χ0n) is 14.7. The number of nitrogens with zero attached hydrogens (tertiary/aromatic N) is 1. The molecule has 26 heavy (non-hydrogen) atoms. The minimum atomic E-state index is -0.594. The predicted octanol–water partition coefficient (Wildman–Crippen LogP) is 2.10. The van der Waals surface area contributed by atoms with Crippen molar-refractivity contribution in [2.24, 2.45) is 0 Å². The van der Waals surface area contributed by atoms with Crippen LogP contribution in [0.25, 0.3) is 6.08 Å². The van der Waals surface area contributed by atoms with Crippen LogP contribution in [0, 0.1) is 0 Å². The van der Waals surface area contributed by atoms with Gasteiger partial charge in [0.05, 0.1) is 5.69 Å². The normalized spacial score (nSPS) is 19.3. The molecule has 0 bridgehead atoms. The lowest BCUT2D eigenvalue weighted by Gasteiger charge is -2.40. The number of carbonyl (C=O) groups excluding carboxylic acids is 2. The molecule has 3 rings (SSSR count). The lowest BCUT2D eigenvalue weighted by Crippen LogP contribution is -2.58. The molecule has 7 heteroatoms. The SMILES string of the molecule is O=C(C=Cc1ccc(CNC2(C(=O)OC3CCCC3)CCC2)nc1)NO. The highest BCUT2D eigenvalue weighted by Crippen LogP contribution is 2.35. The molecular formula is C19H25N3O4. The molecule has 0 atom stereocenters. The number of hydrogen-bond acceptors (Lipinski definition) is 6. The quantitative estimate of drug-likeness (QED) is 0.298. The summed E-state index contributed by atoms with van der Waals surface area (Å²) in [4.78, 5) is 27.9. The van der Waals surface area contributed by atoms with Crippen molar-refractivity contribution in [3.8, 4) is 0 Å². The first-order chi connectivity index (χ1) is 12.6. The smallest absolute Gasteiger partial charge is 0.326 e. The van der Waals surface area contributed by atoms with Crippen LogP contribution >= 0.6 is 0 Å². The lowest BCUT2D eigenvalue weighted by molar-refractivity contribution is -0.161. The van der Waals surface area contributed by atoms with Crippen molar-refractivity contribution in [3.05, 3.63) is 35.7 Å². The van der Waals surface area contributed by atoms with Gasteiger partial charge >= 0.3 is 5.97 Å². The van der Waals surface area contributed by atoms with Crippen LogP contribution in [0.2, 0.25) is 0 Å². The Balaban J connectivity index is 1.54. The second kappa shape index (κ2) is 8.42. The Morgan fingerprint density at radius 1 is 1.27 bits per heavy atom. The van der Waals surface area contributed by atoms with Crippen LogP contribution in [-0.4, -0.2) is 33.7 Å². The Bertz CT molecular complexity index is 662. The summed E-state index contributed by atoms with van der Waals surface area (Å²) in [5, 5.41) is 11.8. The summed E-state index contributed by atoms with van der Waals surface area (Å²) in [5.41, 5.74) is 2.53. The highest BCUT2D eigenvalue weighted by molar-refractivity contribution is 5.90. The maximum atomic E-state index is 12.6. The number of aromatic nitrogens is 1. The van der Waals surface area contributed by atoms with Gasteiger partial charge < -0.3 is 4.74 Å². The fourth-order valence-electron chi connectivity index (χ4n) is 3.36. The molecule has 0 aliphatic heterocycles. The number of amides is 1. The van der Waals surface area contributed by atoms with Gasteiger partial charge in [0.1, 0.15) is 11.6 Å².